The molecule has 4 nitrogen and oxygen atoms in total. The number of allylic oxidation sites excluding steroid dienone is 1. The topological polar surface area (TPSA) is 58.5 Å². The Labute approximate surface area is 88.5 Å². The average Bonchev–Trinajstić information content (AvgIpc) is 3.01. The molecule has 2 aliphatic rings. The lowest BCUT2D eigenvalue weighted by molar-refractivity contribution is -0.131. The van der Waals surface area contributed by atoms with Crippen LogP contribution >= 0.6 is 0 Å². The monoisotopic (exact) mass is 206 g/mol. The third-order valence-electron chi connectivity index (χ3n) is 2.84. The molecule has 4 heteroatoms. The number of hydrogen-bond acceptors (Lipinski definition) is 2. The Bertz CT molecular complexity index is 342. The van der Waals surface area contributed by atoms with Gasteiger partial charge in [0.05, 0.1) is 0 Å². The number of aliphatic imine (C=N–C) groups is 1. The van der Waals surface area contributed by atoms with Gasteiger partial charge in [-0.25, -0.2) is 4.99 Å². The van der Waals surface area contributed by atoms with E-state index < -0.39 is 5.92 Å². The van der Waals surface area contributed by atoms with Crippen LogP contribution in [0.4, 0.5) is 0 Å². The highest BCUT2D eigenvalue weighted by Crippen LogP contribution is 2.32. The summed E-state index contributed by atoms with van der Waals surface area (Å²) in [6, 6.07) is 0.171. The minimum absolute atomic E-state index is 0.171. The van der Waals surface area contributed by atoms with E-state index in [2.05, 4.69) is 10.3 Å². The Morgan fingerprint density at radius 3 is 2.93 bits per heavy atom. The number of carbonyl (C=O) groups is 2. The van der Waals surface area contributed by atoms with Crippen LogP contribution in [0.25, 0.3) is 0 Å². The van der Waals surface area contributed by atoms with Crippen molar-refractivity contribution < 1.29 is 9.59 Å². The Morgan fingerprint density at radius 2 is 2.33 bits per heavy atom. The molecule has 1 N–H and O–H groups in total. The maximum absolute atomic E-state index is 11.7. The number of hydrogen-bond donors (Lipinski definition) is 1. The highest BCUT2D eigenvalue weighted by molar-refractivity contribution is 6.07. The number of nitrogens with one attached hydrogen (secondary N) is 1. The molecule has 1 aliphatic heterocycles. The fourth-order valence-corrected chi connectivity index (χ4v) is 1.67. The summed E-state index contributed by atoms with van der Waals surface area (Å²) >= 11 is 0. The van der Waals surface area contributed by atoms with E-state index in [4.69, 9.17) is 0 Å². The van der Waals surface area contributed by atoms with Crippen LogP contribution in [0.3, 0.4) is 0 Å². The third-order valence-corrected chi connectivity index (χ3v) is 2.84. The first kappa shape index (κ1) is 10.1. The summed E-state index contributed by atoms with van der Waals surface area (Å²) in [7, 11) is 0. The SMILES string of the molecule is C[C@@H](NC(=O)C1C=CC=NC1=O)C1CC1. The second-order valence-electron chi connectivity index (χ2n) is 4.11. The van der Waals surface area contributed by atoms with E-state index >= 15 is 0 Å². The molecule has 1 aliphatic carbocycles. The Morgan fingerprint density at radius 1 is 1.60 bits per heavy atom. The summed E-state index contributed by atoms with van der Waals surface area (Å²) < 4.78 is 0. The first-order chi connectivity index (χ1) is 7.18. The maximum atomic E-state index is 11.7. The summed E-state index contributed by atoms with van der Waals surface area (Å²) in [6.45, 7) is 1.98. The van der Waals surface area contributed by atoms with Crippen molar-refractivity contribution in [2.75, 3.05) is 0 Å². The number of carbonyl (C=O) groups excluding carboxylic acids is 2. The van der Waals surface area contributed by atoms with E-state index in [0.29, 0.717) is 5.92 Å². The van der Waals surface area contributed by atoms with E-state index in [0.717, 1.165) is 0 Å². The maximum Gasteiger partial charge on any atom is 0.262 e. The van der Waals surface area contributed by atoms with Gasteiger partial charge in [0.1, 0.15) is 5.92 Å². The van der Waals surface area contributed by atoms with Crippen molar-refractivity contribution in [3.05, 3.63) is 12.2 Å². The van der Waals surface area contributed by atoms with E-state index in [1.165, 1.54) is 19.1 Å². The molecule has 1 saturated carbocycles. The molecule has 0 radical (unpaired) electrons. The molecule has 2 atom stereocenters. The fourth-order valence-electron chi connectivity index (χ4n) is 1.67. The zero-order valence-electron chi connectivity index (χ0n) is 8.64. The molecule has 2 rings (SSSR count). The molecule has 0 bridgehead atoms. The van der Waals surface area contributed by atoms with Crippen LogP contribution < -0.4 is 5.32 Å². The number of nitrogens with zero attached hydrogens (tertiary/aromatic N) is 1. The lowest BCUT2D eigenvalue weighted by atomic mass is 10.0. The van der Waals surface area contributed by atoms with Gasteiger partial charge in [-0.1, -0.05) is 6.08 Å². The van der Waals surface area contributed by atoms with Crippen molar-refractivity contribution in [1.82, 2.24) is 5.32 Å². The second kappa shape index (κ2) is 3.96. The number of amides is 2. The molecule has 0 aromatic rings. The van der Waals surface area contributed by atoms with Crippen molar-refractivity contribution in [2.24, 2.45) is 16.8 Å². The average molecular weight is 206 g/mol. The first-order valence-electron chi connectivity index (χ1n) is 5.23. The highest BCUT2D eigenvalue weighted by Gasteiger charge is 2.32. The lowest BCUT2D eigenvalue weighted by Gasteiger charge is -2.16. The predicted octanol–water partition coefficient (Wildman–Crippen LogP) is 0.684. The molecule has 15 heavy (non-hydrogen) atoms. The normalized spacial score (nSPS) is 26.5. The van der Waals surface area contributed by atoms with Crippen LogP contribution in [0, 0.1) is 11.8 Å². The molecule has 1 fully saturated rings. The van der Waals surface area contributed by atoms with Crippen molar-refractivity contribution in [3.63, 3.8) is 0 Å². The third kappa shape index (κ3) is 2.32. The molecule has 0 spiro atoms. The molecule has 0 aromatic heterocycles. The molecule has 1 heterocycles. The van der Waals surface area contributed by atoms with Gasteiger partial charge < -0.3 is 5.32 Å². The molecular formula is C11H14N2O2. The molecular weight excluding hydrogens is 192 g/mol. The van der Waals surface area contributed by atoms with Gasteiger partial charge >= 0.3 is 0 Å². The van der Waals surface area contributed by atoms with Crippen molar-refractivity contribution in [3.8, 4) is 0 Å². The Kier molecular flexibility index (Phi) is 2.66. The van der Waals surface area contributed by atoms with Gasteiger partial charge in [-0.2, -0.15) is 0 Å². The fraction of sp³-hybridized carbons (Fsp3) is 0.545. The van der Waals surface area contributed by atoms with E-state index in [1.807, 2.05) is 6.92 Å². The van der Waals surface area contributed by atoms with Crippen LogP contribution in [0.15, 0.2) is 17.1 Å². The van der Waals surface area contributed by atoms with E-state index in [-0.39, 0.29) is 17.9 Å². The van der Waals surface area contributed by atoms with Gasteiger partial charge in [-0.3, -0.25) is 9.59 Å². The summed E-state index contributed by atoms with van der Waals surface area (Å²) in [5.41, 5.74) is 0. The van der Waals surface area contributed by atoms with Gasteiger partial charge in [-0.05, 0) is 31.8 Å². The van der Waals surface area contributed by atoms with Gasteiger partial charge in [-0.15, -0.1) is 0 Å². The standard InChI is InChI=1S/C11H14N2O2/c1-7(8-4-5-8)13-11(15)9-3-2-6-12-10(9)14/h2-3,6-9H,4-5H2,1H3,(H,13,15)/t7-,9?/m1/s1. The lowest BCUT2D eigenvalue weighted by Crippen LogP contribution is -2.40. The van der Waals surface area contributed by atoms with E-state index in [9.17, 15) is 9.59 Å². The largest absolute Gasteiger partial charge is 0.352 e. The smallest absolute Gasteiger partial charge is 0.262 e. The molecule has 2 amide bonds. The van der Waals surface area contributed by atoms with Crippen LogP contribution in [0.1, 0.15) is 19.8 Å². The number of rotatable bonds is 3. The summed E-state index contributed by atoms with van der Waals surface area (Å²) in [6.07, 6.45) is 6.98. The van der Waals surface area contributed by atoms with Gasteiger partial charge in [0, 0.05) is 12.3 Å². The van der Waals surface area contributed by atoms with E-state index in [1.54, 1.807) is 12.2 Å². The zero-order valence-corrected chi connectivity index (χ0v) is 8.64. The molecule has 0 aromatic carbocycles. The van der Waals surface area contributed by atoms with Crippen LogP contribution in [-0.4, -0.2) is 24.1 Å². The molecule has 0 saturated heterocycles. The van der Waals surface area contributed by atoms with Crippen LogP contribution in [0.5, 0.6) is 0 Å². The van der Waals surface area contributed by atoms with Crippen LogP contribution in [-0.2, 0) is 9.59 Å². The quantitative estimate of drug-likeness (QED) is 0.690. The molecule has 80 valence electrons. The van der Waals surface area contributed by atoms with Crippen molar-refractivity contribution >= 4 is 18.0 Å². The number of dihydropyridines is 1. The highest BCUT2D eigenvalue weighted by atomic mass is 16.2. The Hall–Kier alpha value is -1.45. The van der Waals surface area contributed by atoms with Gasteiger partial charge in [0.15, 0.2) is 0 Å². The van der Waals surface area contributed by atoms with Crippen molar-refractivity contribution in [1.29, 1.82) is 0 Å². The minimum atomic E-state index is -0.726. The predicted molar refractivity (Wildman–Crippen MR) is 56.5 cm³/mol. The summed E-state index contributed by atoms with van der Waals surface area (Å²) in [5, 5.41) is 2.86. The zero-order chi connectivity index (χ0) is 10.8. The summed E-state index contributed by atoms with van der Waals surface area (Å²) in [5.74, 6) is -0.734. The minimum Gasteiger partial charge on any atom is -0.352 e. The van der Waals surface area contributed by atoms with Crippen LogP contribution in [0.2, 0.25) is 0 Å². The second-order valence-corrected chi connectivity index (χ2v) is 4.11. The van der Waals surface area contributed by atoms with Gasteiger partial charge in [0.2, 0.25) is 5.91 Å². The Balaban J connectivity index is 1.92. The van der Waals surface area contributed by atoms with Gasteiger partial charge in [0.25, 0.3) is 5.91 Å². The summed E-state index contributed by atoms with van der Waals surface area (Å²) in [4.78, 5) is 26.6. The molecule has 1 unspecified atom stereocenters. The van der Waals surface area contributed by atoms with Crippen molar-refractivity contribution in [2.45, 2.75) is 25.8 Å². The first-order valence-corrected chi connectivity index (χ1v) is 5.23.